The molecule has 2 rings (SSSR count). The lowest BCUT2D eigenvalue weighted by Gasteiger charge is -2.25. The Morgan fingerprint density at radius 3 is 2.10 bits per heavy atom. The molecule has 9 atom stereocenters. The zero-order valence-electron chi connectivity index (χ0n) is 17.0. The van der Waals surface area contributed by atoms with Crippen LogP contribution in [0.2, 0.25) is 0 Å². The minimum atomic E-state index is -4.24. The minimum Gasteiger partial charge on any atom is -0.386 e. The van der Waals surface area contributed by atoms with Crippen molar-refractivity contribution in [2.75, 3.05) is 12.4 Å². The van der Waals surface area contributed by atoms with E-state index >= 15 is 0 Å². The van der Waals surface area contributed by atoms with Crippen LogP contribution in [0.25, 0.3) is 0 Å². The molecule has 0 aromatic rings. The van der Waals surface area contributed by atoms with Crippen LogP contribution in [0, 0.1) is 0 Å². The van der Waals surface area contributed by atoms with E-state index in [-0.39, 0.29) is 24.6 Å². The number of rotatable bonds is 10. The molecule has 11 nitrogen and oxygen atoms in total. The molecule has 13 heteroatoms. The summed E-state index contributed by atoms with van der Waals surface area (Å²) in [5.41, 5.74) is 11.4. The monoisotopic (exact) mass is 460 g/mol. The molecule has 5 unspecified atom stereocenters. The molecule has 172 valence electrons. The molecule has 0 spiro atoms. The van der Waals surface area contributed by atoms with Gasteiger partial charge in [0.25, 0.3) is 0 Å². The van der Waals surface area contributed by atoms with Gasteiger partial charge in [-0.25, -0.2) is 4.57 Å². The van der Waals surface area contributed by atoms with Gasteiger partial charge in [0.05, 0.1) is 24.9 Å². The summed E-state index contributed by atoms with van der Waals surface area (Å²) in [6.45, 7) is 3.06. The second kappa shape index (κ2) is 10.7. The van der Waals surface area contributed by atoms with Crippen molar-refractivity contribution in [2.45, 2.75) is 89.0 Å². The Labute approximate surface area is 174 Å². The van der Waals surface area contributed by atoms with Crippen LogP contribution in [0.1, 0.15) is 27.7 Å². The van der Waals surface area contributed by atoms with Crippen molar-refractivity contribution in [2.24, 2.45) is 11.5 Å². The van der Waals surface area contributed by atoms with E-state index in [1.807, 2.05) is 13.8 Å². The van der Waals surface area contributed by atoms with Gasteiger partial charge in [0.1, 0.15) is 43.0 Å². The highest BCUT2D eigenvalue weighted by atomic mass is 32.7. The Balaban J connectivity index is 1.96. The fraction of sp³-hybridized carbons (Fsp3) is 1.00. The molecule has 0 aliphatic carbocycles. The van der Waals surface area contributed by atoms with E-state index in [0.717, 1.165) is 0 Å². The summed E-state index contributed by atoms with van der Waals surface area (Å²) in [6, 6.07) is 0. The Kier molecular flexibility index (Phi) is 9.36. The quantitative estimate of drug-likeness (QED) is 0.265. The van der Waals surface area contributed by atoms with Crippen LogP contribution in [0.15, 0.2) is 0 Å². The first-order valence-corrected chi connectivity index (χ1v) is 12.7. The lowest BCUT2D eigenvalue weighted by atomic mass is 10.1. The van der Waals surface area contributed by atoms with E-state index in [0.29, 0.717) is 11.4 Å². The van der Waals surface area contributed by atoms with E-state index in [1.165, 1.54) is 0 Å². The molecule has 0 amide bonds. The van der Waals surface area contributed by atoms with Gasteiger partial charge in [0.15, 0.2) is 0 Å². The Morgan fingerprint density at radius 1 is 1.00 bits per heavy atom. The minimum absolute atomic E-state index is 0.0151. The molecule has 0 saturated carbocycles. The summed E-state index contributed by atoms with van der Waals surface area (Å²) in [5.74, 6) is -0.0151. The second-order valence-electron chi connectivity index (χ2n) is 7.63. The average Bonchev–Trinajstić information content (AvgIpc) is 3.02. The van der Waals surface area contributed by atoms with Crippen LogP contribution >= 0.6 is 18.2 Å². The highest BCUT2D eigenvalue weighted by Gasteiger charge is 2.48. The normalized spacial score (nSPS) is 40.1. The van der Waals surface area contributed by atoms with Gasteiger partial charge in [-0.2, -0.15) is 0 Å². The molecule has 0 aromatic heterocycles. The van der Waals surface area contributed by atoms with E-state index in [1.54, 1.807) is 13.8 Å². The SMILES string of the molecule is CC(C)OC[C@H]1O[C@@H](N)C(O)C1OP(=O)(O)SC[C@H]1O[C@@H](N)C(O)C1OC(C)C. The number of nitrogens with two attached hydrogens (primary N) is 2. The number of aliphatic hydroxyl groups excluding tert-OH is 2. The zero-order chi connectivity index (χ0) is 21.9. The lowest BCUT2D eigenvalue weighted by Crippen LogP contribution is -2.40. The fourth-order valence-electron chi connectivity index (χ4n) is 3.05. The number of hydrogen-bond acceptors (Lipinski definition) is 11. The number of hydrogen-bond donors (Lipinski definition) is 5. The van der Waals surface area contributed by atoms with Crippen molar-refractivity contribution in [1.29, 1.82) is 0 Å². The van der Waals surface area contributed by atoms with Crippen molar-refractivity contribution in [3.8, 4) is 0 Å². The van der Waals surface area contributed by atoms with Crippen LogP contribution in [0.4, 0.5) is 0 Å². The van der Waals surface area contributed by atoms with Gasteiger partial charge < -0.3 is 45.5 Å². The van der Waals surface area contributed by atoms with Gasteiger partial charge in [-0.3, -0.25) is 4.52 Å². The van der Waals surface area contributed by atoms with Gasteiger partial charge in [-0.1, -0.05) is 0 Å². The number of aliphatic hydroxyl groups is 2. The topological polar surface area (TPSA) is 176 Å². The van der Waals surface area contributed by atoms with Crippen LogP contribution in [-0.4, -0.2) is 88.8 Å². The van der Waals surface area contributed by atoms with Crippen molar-refractivity contribution in [3.63, 3.8) is 0 Å². The summed E-state index contributed by atoms with van der Waals surface area (Å²) in [4.78, 5) is 10.3. The predicted molar refractivity (Wildman–Crippen MR) is 106 cm³/mol. The van der Waals surface area contributed by atoms with E-state index in [4.69, 9.17) is 34.9 Å². The molecule has 2 heterocycles. The average molecular weight is 460 g/mol. The highest BCUT2D eigenvalue weighted by molar-refractivity contribution is 8.54. The maximum Gasteiger partial charge on any atom is 0.387 e. The maximum atomic E-state index is 12.6. The molecular weight excluding hydrogens is 427 g/mol. The summed E-state index contributed by atoms with van der Waals surface area (Å²) in [5, 5.41) is 20.3. The molecule has 7 N–H and O–H groups in total. The van der Waals surface area contributed by atoms with E-state index in [9.17, 15) is 19.7 Å². The predicted octanol–water partition coefficient (Wildman–Crippen LogP) is -0.487. The first-order chi connectivity index (χ1) is 13.4. The molecule has 2 fully saturated rings. The van der Waals surface area contributed by atoms with Gasteiger partial charge in [-0.05, 0) is 39.1 Å². The summed E-state index contributed by atoms with van der Waals surface area (Å²) < 4.78 is 39.9. The van der Waals surface area contributed by atoms with Crippen LogP contribution in [0.3, 0.4) is 0 Å². The molecular formula is C16H33N2O9PS. The van der Waals surface area contributed by atoms with Crippen molar-refractivity contribution in [1.82, 2.24) is 0 Å². The third-order valence-electron chi connectivity index (χ3n) is 4.42. The first-order valence-electron chi connectivity index (χ1n) is 9.52. The maximum absolute atomic E-state index is 12.6. The Hall–Kier alpha value is 0.180. The molecule has 0 radical (unpaired) electrons. The Morgan fingerprint density at radius 2 is 1.55 bits per heavy atom. The molecule has 2 aliphatic rings. The van der Waals surface area contributed by atoms with Crippen LogP contribution < -0.4 is 11.5 Å². The van der Waals surface area contributed by atoms with Crippen molar-refractivity contribution in [3.05, 3.63) is 0 Å². The van der Waals surface area contributed by atoms with Gasteiger partial charge in [0, 0.05) is 5.75 Å². The smallest absolute Gasteiger partial charge is 0.386 e. The second-order valence-corrected chi connectivity index (χ2v) is 11.5. The van der Waals surface area contributed by atoms with Gasteiger partial charge >= 0.3 is 6.80 Å². The van der Waals surface area contributed by atoms with Crippen LogP contribution in [-0.2, 0) is 28.0 Å². The van der Waals surface area contributed by atoms with Crippen molar-refractivity contribution >= 4 is 18.2 Å². The third kappa shape index (κ3) is 7.09. The third-order valence-corrected chi connectivity index (χ3v) is 7.42. The summed E-state index contributed by atoms with van der Waals surface area (Å²) in [6.07, 6.45) is -8.01. The Bertz CT molecular complexity index is 573. The lowest BCUT2D eigenvalue weighted by molar-refractivity contribution is -0.0603. The first kappa shape index (κ1) is 25.4. The van der Waals surface area contributed by atoms with E-state index in [2.05, 4.69) is 0 Å². The largest absolute Gasteiger partial charge is 0.387 e. The molecule has 29 heavy (non-hydrogen) atoms. The fourth-order valence-corrected chi connectivity index (χ4v) is 5.77. The molecule has 2 aliphatic heterocycles. The molecule has 0 aromatic carbocycles. The number of ether oxygens (including phenoxy) is 4. The van der Waals surface area contributed by atoms with Crippen molar-refractivity contribution < 1.29 is 43.1 Å². The zero-order valence-corrected chi connectivity index (χ0v) is 18.7. The van der Waals surface area contributed by atoms with E-state index < -0.39 is 55.9 Å². The highest BCUT2D eigenvalue weighted by Crippen LogP contribution is 2.58. The molecule has 0 bridgehead atoms. The molecule has 2 saturated heterocycles. The summed E-state index contributed by atoms with van der Waals surface area (Å²) >= 11 is 0.596. The standard InChI is InChI=1S/C16H33N2O9PS/c1-7(2)23-5-9-14(12(20)16(18)25-9)27-28(21,22)29-6-10-13(24-8(3)4)11(19)15(17)26-10/h7-16,19-20H,5-6,17-18H2,1-4H3,(H,21,22)/t9-,10-,11?,12?,13?,14?,15-,16-/m1/s1. The summed E-state index contributed by atoms with van der Waals surface area (Å²) in [7, 11) is 0. The van der Waals surface area contributed by atoms with Gasteiger partial charge in [-0.15, -0.1) is 0 Å². The van der Waals surface area contributed by atoms with Crippen LogP contribution in [0.5, 0.6) is 0 Å². The van der Waals surface area contributed by atoms with Gasteiger partial charge in [0.2, 0.25) is 0 Å².